The minimum absolute atomic E-state index is 0. The molecule has 6 heteroatoms. The first-order valence-electron chi connectivity index (χ1n) is 0.365. The van der Waals surface area contributed by atoms with Crippen LogP contribution in [-0.2, 0) is 42.2 Å². The average Bonchev–Trinajstić information content (AvgIpc) is 0.918. The molecular formula is H2O5Zr. The van der Waals surface area contributed by atoms with Gasteiger partial charge in [-0.05, 0) is 0 Å². The van der Waals surface area contributed by atoms with E-state index in [9.17, 15) is 0 Å². The Morgan fingerprint density at radius 1 is 1.00 bits per heavy atom. The molecular weight excluding hydrogens is 171 g/mol. The summed E-state index contributed by atoms with van der Waals surface area (Å²) in [6.45, 7) is 0. The fourth-order valence-corrected chi connectivity index (χ4v) is 0. The second kappa shape index (κ2) is 44.0. The third-order valence-electron chi connectivity index (χ3n) is 0. The SMILES string of the molecule is OOO.[O-2].[O-2].[Zr+4]. The van der Waals surface area contributed by atoms with Gasteiger partial charge in [0.1, 0.15) is 0 Å². The van der Waals surface area contributed by atoms with Crippen molar-refractivity contribution in [3.63, 3.8) is 0 Å². The Hall–Kier alpha value is 0.683. The van der Waals surface area contributed by atoms with Gasteiger partial charge >= 0.3 is 26.2 Å². The molecule has 6 heavy (non-hydrogen) atoms. The first-order chi connectivity index (χ1) is 1.41. The largest absolute Gasteiger partial charge is 4.00 e. The molecule has 0 unspecified atom stereocenters. The van der Waals surface area contributed by atoms with Crippen LogP contribution in [0, 0.1) is 0 Å². The van der Waals surface area contributed by atoms with Crippen molar-refractivity contribution >= 4 is 0 Å². The fraction of sp³-hybridized carbons (Fsp3) is 0. The predicted molar refractivity (Wildman–Crippen MR) is 7.72 cm³/mol. The maximum atomic E-state index is 6.62. The third kappa shape index (κ3) is 136. The van der Waals surface area contributed by atoms with E-state index in [1.54, 1.807) is 0 Å². The van der Waals surface area contributed by atoms with Crippen LogP contribution in [0.15, 0.2) is 0 Å². The molecule has 0 aliphatic rings. The van der Waals surface area contributed by atoms with E-state index in [0.29, 0.717) is 0 Å². The molecule has 0 aromatic carbocycles. The van der Waals surface area contributed by atoms with Crippen LogP contribution in [0.5, 0.6) is 0 Å². The van der Waals surface area contributed by atoms with Crippen LogP contribution in [0.4, 0.5) is 0 Å². The zero-order valence-electron chi connectivity index (χ0n) is 2.62. The molecule has 5 nitrogen and oxygen atoms in total. The summed E-state index contributed by atoms with van der Waals surface area (Å²) in [6, 6.07) is 0. The number of hydrogen-bond acceptors (Lipinski definition) is 3. The molecule has 0 rings (SSSR count). The fourth-order valence-electron chi connectivity index (χ4n) is 0. The molecule has 0 aliphatic heterocycles. The first-order valence-corrected chi connectivity index (χ1v) is 0.365. The van der Waals surface area contributed by atoms with E-state index >= 15 is 0 Å². The van der Waals surface area contributed by atoms with Crippen molar-refractivity contribution in [2.75, 3.05) is 0 Å². The van der Waals surface area contributed by atoms with Gasteiger partial charge in [0.05, 0.1) is 0 Å². The van der Waals surface area contributed by atoms with Crippen molar-refractivity contribution < 1.29 is 52.7 Å². The molecule has 0 spiro atoms. The van der Waals surface area contributed by atoms with Gasteiger partial charge in [0.25, 0.3) is 0 Å². The van der Waals surface area contributed by atoms with Crippen molar-refractivity contribution in [2.45, 2.75) is 0 Å². The molecule has 36 valence electrons. The topological polar surface area (TPSA) is 107 Å². The van der Waals surface area contributed by atoms with Crippen LogP contribution in [-0.4, -0.2) is 10.5 Å². The molecule has 0 atom stereocenters. The molecule has 0 saturated heterocycles. The van der Waals surface area contributed by atoms with Crippen LogP contribution in [0.2, 0.25) is 0 Å². The summed E-state index contributed by atoms with van der Waals surface area (Å²) in [5, 5.41) is 15.5. The Kier molecular flexibility index (Phi) is 220. The Morgan fingerprint density at radius 3 is 1.00 bits per heavy atom. The molecule has 0 aliphatic carbocycles. The maximum absolute atomic E-state index is 6.62. The Bertz CT molecular complexity index is 3.90. The van der Waals surface area contributed by atoms with E-state index in [4.69, 9.17) is 10.5 Å². The molecule has 0 aromatic heterocycles. The third-order valence-corrected chi connectivity index (χ3v) is 0. The van der Waals surface area contributed by atoms with E-state index in [2.05, 4.69) is 5.04 Å². The average molecular weight is 173 g/mol. The molecule has 0 aromatic rings. The van der Waals surface area contributed by atoms with E-state index in [0.717, 1.165) is 0 Å². The predicted octanol–water partition coefficient (Wildman–Crippen LogP) is -0.291. The summed E-state index contributed by atoms with van der Waals surface area (Å²) in [5.74, 6) is 0. The Labute approximate surface area is 53.1 Å². The second-order valence-electron chi connectivity index (χ2n) is 0.0816. The van der Waals surface area contributed by atoms with Crippen LogP contribution in [0.3, 0.4) is 0 Å². The number of hydrogen-bond donors (Lipinski definition) is 2. The Morgan fingerprint density at radius 2 is 1.00 bits per heavy atom. The smallest absolute Gasteiger partial charge is 2.00 e. The summed E-state index contributed by atoms with van der Waals surface area (Å²) in [5.41, 5.74) is 0. The van der Waals surface area contributed by atoms with Gasteiger partial charge in [0.2, 0.25) is 0 Å². The van der Waals surface area contributed by atoms with Crippen molar-refractivity contribution in [1.29, 1.82) is 0 Å². The van der Waals surface area contributed by atoms with Gasteiger partial charge in [-0.15, -0.1) is 0 Å². The normalized spacial score (nSPS) is 3.00. The van der Waals surface area contributed by atoms with Gasteiger partial charge < -0.3 is 11.0 Å². The van der Waals surface area contributed by atoms with Crippen LogP contribution >= 0.6 is 0 Å². The van der Waals surface area contributed by atoms with Crippen molar-refractivity contribution in [1.82, 2.24) is 0 Å². The number of rotatable bonds is 0. The van der Waals surface area contributed by atoms with E-state index in [1.807, 2.05) is 0 Å². The van der Waals surface area contributed by atoms with E-state index in [-0.39, 0.29) is 37.2 Å². The van der Waals surface area contributed by atoms with Crippen molar-refractivity contribution in [3.05, 3.63) is 0 Å². The second-order valence-corrected chi connectivity index (χ2v) is 0.0816. The zero-order valence-corrected chi connectivity index (χ0v) is 5.08. The van der Waals surface area contributed by atoms with Gasteiger partial charge in [0, 0.05) is 0 Å². The molecule has 0 amide bonds. The van der Waals surface area contributed by atoms with Crippen LogP contribution in [0.1, 0.15) is 0 Å². The van der Waals surface area contributed by atoms with Crippen LogP contribution in [0.25, 0.3) is 0 Å². The summed E-state index contributed by atoms with van der Waals surface area (Å²) in [6.07, 6.45) is 0. The molecule has 0 fully saturated rings. The maximum Gasteiger partial charge on any atom is 4.00 e. The molecule has 0 bridgehead atoms. The first kappa shape index (κ1) is 30.0. The summed E-state index contributed by atoms with van der Waals surface area (Å²) >= 11 is 0. The van der Waals surface area contributed by atoms with Crippen LogP contribution < -0.4 is 0 Å². The van der Waals surface area contributed by atoms with Gasteiger partial charge in [-0.25, -0.2) is 10.5 Å². The minimum atomic E-state index is 0. The summed E-state index contributed by atoms with van der Waals surface area (Å²) in [7, 11) is 0. The van der Waals surface area contributed by atoms with Crippen molar-refractivity contribution in [3.8, 4) is 0 Å². The van der Waals surface area contributed by atoms with E-state index < -0.39 is 0 Å². The van der Waals surface area contributed by atoms with Gasteiger partial charge in [-0.2, -0.15) is 0 Å². The molecule has 0 heterocycles. The quantitative estimate of drug-likeness (QED) is 0.388. The summed E-state index contributed by atoms with van der Waals surface area (Å²) < 4.78 is 0. The zero-order chi connectivity index (χ0) is 2.71. The van der Waals surface area contributed by atoms with E-state index in [1.165, 1.54) is 0 Å². The standard InChI is InChI=1S/H2O3.2O.Zr/c1-3-2;;;/h1-2H;;;/q;2*-2;+4. The van der Waals surface area contributed by atoms with Crippen molar-refractivity contribution in [2.24, 2.45) is 0 Å². The molecule has 2 N–H and O–H groups in total. The van der Waals surface area contributed by atoms with Gasteiger partial charge in [-0.1, -0.05) is 5.04 Å². The van der Waals surface area contributed by atoms with Gasteiger partial charge in [-0.3, -0.25) is 0 Å². The summed E-state index contributed by atoms with van der Waals surface area (Å²) in [4.78, 5) is 0. The Balaban J connectivity index is -0.00000000667. The molecule has 0 radical (unpaired) electrons. The minimum Gasteiger partial charge on any atom is -2.00 e. The molecule has 0 saturated carbocycles. The van der Waals surface area contributed by atoms with Gasteiger partial charge in [0.15, 0.2) is 0 Å². The monoisotopic (exact) mass is 172 g/mol.